The maximum atomic E-state index is 10.8. The van der Waals surface area contributed by atoms with Crippen molar-refractivity contribution >= 4 is 23.2 Å². The van der Waals surface area contributed by atoms with Crippen LogP contribution in [0.25, 0.3) is 0 Å². The molecule has 0 aliphatic carbocycles. The Morgan fingerprint density at radius 3 is 1.67 bits per heavy atom. The van der Waals surface area contributed by atoms with E-state index in [1.54, 1.807) is 0 Å². The van der Waals surface area contributed by atoms with Gasteiger partial charge in [-0.2, -0.15) is 0 Å². The van der Waals surface area contributed by atoms with E-state index in [1.165, 1.54) is 0 Å². The predicted molar refractivity (Wildman–Crippen MR) is 50.3 cm³/mol. The van der Waals surface area contributed by atoms with Crippen molar-refractivity contribution in [2.45, 2.75) is 0 Å². The van der Waals surface area contributed by atoms with E-state index in [4.69, 9.17) is 23.2 Å². The van der Waals surface area contributed by atoms with Crippen molar-refractivity contribution in [3.05, 3.63) is 10.4 Å². The monoisotopic (exact) mass is 260 g/mol. The maximum Gasteiger partial charge on any atom is 0.408 e. The lowest BCUT2D eigenvalue weighted by Crippen LogP contribution is -2.15. The summed E-state index contributed by atoms with van der Waals surface area (Å²) in [6, 6.07) is 0. The van der Waals surface area contributed by atoms with E-state index >= 15 is 0 Å². The highest BCUT2D eigenvalue weighted by Crippen LogP contribution is 1.86. The molecular formula is C5H10Cl2N4O4. The molecule has 0 aromatic rings. The fraction of sp³-hybridized carbons (Fsp3) is 1.00. The second-order valence-electron chi connectivity index (χ2n) is 2.05. The van der Waals surface area contributed by atoms with Crippen LogP contribution in [0.15, 0.2) is 10.6 Å². The highest BCUT2D eigenvalue weighted by Gasteiger charge is 2.04. The van der Waals surface area contributed by atoms with Gasteiger partial charge in [0.2, 0.25) is 10.6 Å². The zero-order valence-electron chi connectivity index (χ0n) is 7.71. The summed E-state index contributed by atoms with van der Waals surface area (Å²) in [5.41, 5.74) is 0. The largest absolute Gasteiger partial charge is 0.592 e. The predicted octanol–water partition coefficient (Wildman–Crippen LogP) is 1.21. The van der Waals surface area contributed by atoms with Crippen LogP contribution in [-0.2, 0) is 9.68 Å². The molecule has 0 radical (unpaired) electrons. The van der Waals surface area contributed by atoms with Gasteiger partial charge in [0, 0.05) is 9.72 Å². The molecule has 0 fully saturated rings. The van der Waals surface area contributed by atoms with Gasteiger partial charge in [-0.1, -0.05) is 0 Å². The fourth-order valence-corrected chi connectivity index (χ4v) is 0.573. The van der Waals surface area contributed by atoms with Gasteiger partial charge in [0.25, 0.3) is 0 Å². The van der Waals surface area contributed by atoms with Crippen molar-refractivity contribution in [1.29, 1.82) is 0 Å². The van der Waals surface area contributed by atoms with Gasteiger partial charge in [-0.25, -0.2) is 0 Å². The third-order valence-electron chi connectivity index (χ3n) is 0.876. The molecule has 0 unspecified atom stereocenters. The van der Waals surface area contributed by atoms with Crippen molar-refractivity contribution in [3.8, 4) is 0 Å². The molecule has 0 atom stereocenters. The Labute approximate surface area is 95.8 Å². The Balaban J connectivity index is 3.78. The van der Waals surface area contributed by atoms with Crippen molar-refractivity contribution in [2.24, 2.45) is 10.6 Å². The number of hydrogen-bond donors (Lipinski definition) is 0. The topological polar surface area (TPSA) is 95.3 Å². The summed E-state index contributed by atoms with van der Waals surface area (Å²) >= 11 is 10.5. The Kier molecular flexibility index (Phi) is 8.88. The Morgan fingerprint density at radius 2 is 1.33 bits per heavy atom. The third kappa shape index (κ3) is 9.29. The van der Waals surface area contributed by atoms with Gasteiger partial charge in [0.05, 0.1) is 11.8 Å². The van der Waals surface area contributed by atoms with Crippen LogP contribution >= 0.6 is 23.2 Å². The lowest BCUT2D eigenvalue weighted by Gasteiger charge is -1.98. The van der Waals surface area contributed by atoms with Crippen LogP contribution in [0.1, 0.15) is 0 Å². The minimum Gasteiger partial charge on any atom is -0.592 e. The molecule has 8 nitrogen and oxygen atoms in total. The molecule has 88 valence electrons. The quantitative estimate of drug-likeness (QED) is 0.164. The van der Waals surface area contributed by atoms with E-state index in [1.807, 2.05) is 0 Å². The van der Waals surface area contributed by atoms with Crippen LogP contribution in [0.3, 0.4) is 0 Å². The van der Waals surface area contributed by atoms with Crippen molar-refractivity contribution in [2.75, 3.05) is 31.6 Å². The number of alkyl halides is 2. The lowest BCUT2D eigenvalue weighted by atomic mass is 10.9. The normalized spacial score (nSPS) is 12.7. The minimum absolute atomic E-state index is 0.00705. The summed E-state index contributed by atoms with van der Waals surface area (Å²) in [7, 11) is 0. The van der Waals surface area contributed by atoms with Crippen LogP contribution in [0.5, 0.6) is 0 Å². The highest BCUT2D eigenvalue weighted by atomic mass is 35.5. The molecule has 0 aliphatic heterocycles. The summed E-state index contributed by atoms with van der Waals surface area (Å²) < 4.78 is 0. The number of halogens is 2. The van der Waals surface area contributed by atoms with E-state index in [0.717, 1.165) is 0 Å². The SMILES string of the molecule is [O-][N+](C/[N+]([O-])=N\OCCCl)=NOCCCl. The first-order valence-corrected chi connectivity index (χ1v) is 4.94. The molecule has 0 N–H and O–H groups in total. The first-order chi connectivity index (χ1) is 7.20. The number of hydrogen-bond acceptors (Lipinski definition) is 6. The molecule has 0 rings (SSSR count). The summed E-state index contributed by atoms with van der Waals surface area (Å²) in [4.78, 5) is 8.83. The van der Waals surface area contributed by atoms with Gasteiger partial charge in [0.1, 0.15) is 13.2 Å². The first kappa shape index (κ1) is 14.0. The first-order valence-electron chi connectivity index (χ1n) is 3.87. The molecule has 0 amide bonds. The summed E-state index contributed by atoms with van der Waals surface area (Å²) in [5.74, 6) is 0.392. The lowest BCUT2D eigenvalue weighted by molar-refractivity contribution is -0.750. The molecule has 0 bridgehead atoms. The average molecular weight is 261 g/mol. The van der Waals surface area contributed by atoms with Crippen LogP contribution in [-0.4, -0.2) is 41.4 Å². The third-order valence-corrected chi connectivity index (χ3v) is 1.19. The molecule has 0 saturated heterocycles. The summed E-state index contributed by atoms with van der Waals surface area (Å²) in [5, 5.41) is 27.5. The molecule has 0 heterocycles. The van der Waals surface area contributed by atoms with Gasteiger partial charge in [-0.3, -0.25) is 0 Å². The Hall–Kier alpha value is -1.02. The average Bonchev–Trinajstić information content (AvgIpc) is 2.18. The number of rotatable bonds is 8. The molecule has 0 aliphatic rings. The standard InChI is InChI=1S/C5H10Cl2N4O4/c6-1-3-14-8-10(12)5-11(13)9-15-4-2-7/h1-5H2/b10-8+,11-9?. The number of nitrogens with zero attached hydrogens (tertiary/aromatic N) is 4. The van der Waals surface area contributed by atoms with E-state index < -0.39 is 6.67 Å². The molecule has 0 spiro atoms. The molecule has 15 heavy (non-hydrogen) atoms. The van der Waals surface area contributed by atoms with Gasteiger partial charge in [-0.05, 0) is 0 Å². The van der Waals surface area contributed by atoms with Gasteiger partial charge in [0.15, 0.2) is 0 Å². The van der Waals surface area contributed by atoms with Crippen molar-refractivity contribution in [3.63, 3.8) is 0 Å². The maximum absolute atomic E-state index is 10.8. The molecule has 0 saturated carbocycles. The van der Waals surface area contributed by atoms with Crippen LogP contribution in [0, 0.1) is 10.4 Å². The summed E-state index contributed by atoms with van der Waals surface area (Å²) in [6.45, 7) is -0.497. The molecular weight excluding hydrogens is 251 g/mol. The van der Waals surface area contributed by atoms with E-state index in [0.29, 0.717) is 0 Å². The van der Waals surface area contributed by atoms with Crippen LogP contribution in [0.4, 0.5) is 0 Å². The van der Waals surface area contributed by atoms with E-state index in [9.17, 15) is 10.4 Å². The molecule has 0 aromatic heterocycles. The Bertz CT molecular complexity index is 203. The van der Waals surface area contributed by atoms with Crippen molar-refractivity contribution in [1.82, 2.24) is 0 Å². The fourth-order valence-electron chi connectivity index (χ4n) is 0.435. The molecule has 0 aromatic carbocycles. The Morgan fingerprint density at radius 1 is 0.933 bits per heavy atom. The highest BCUT2D eigenvalue weighted by molar-refractivity contribution is 6.18. The van der Waals surface area contributed by atoms with Crippen LogP contribution in [0.2, 0.25) is 0 Å². The number of hydroxylamine groups is 2. The minimum atomic E-state index is -0.662. The van der Waals surface area contributed by atoms with E-state index in [-0.39, 0.29) is 34.7 Å². The molecule has 10 heteroatoms. The van der Waals surface area contributed by atoms with Gasteiger partial charge >= 0.3 is 6.67 Å². The smallest absolute Gasteiger partial charge is 0.408 e. The zero-order valence-corrected chi connectivity index (χ0v) is 9.23. The second kappa shape index (κ2) is 9.53. The van der Waals surface area contributed by atoms with Crippen molar-refractivity contribution < 1.29 is 19.4 Å². The van der Waals surface area contributed by atoms with E-state index in [2.05, 4.69) is 20.2 Å². The second-order valence-corrected chi connectivity index (χ2v) is 2.81. The summed E-state index contributed by atoms with van der Waals surface area (Å²) in [6.07, 6.45) is 0. The van der Waals surface area contributed by atoms with Gasteiger partial charge in [-0.15, -0.1) is 23.2 Å². The van der Waals surface area contributed by atoms with Gasteiger partial charge < -0.3 is 20.1 Å². The zero-order chi connectivity index (χ0) is 11.5. The van der Waals surface area contributed by atoms with Crippen LogP contribution < -0.4 is 0 Å².